The minimum absolute atomic E-state index is 0.0715. The molecule has 14 heteroatoms. The molecule has 1 aliphatic rings. The number of aliphatic hydroxyl groups is 1. The summed E-state index contributed by atoms with van der Waals surface area (Å²) < 4.78 is 11.8. The van der Waals surface area contributed by atoms with Gasteiger partial charge in [-0.15, -0.1) is 0 Å². The SMILES string of the molecule is CC[C@H](C)[C@@H]([C@@H](CC(=O)N1CCC[C@H]1[C@H](OC)[C@@H](C)C(=O)N[C@@H](Cc1ccccc1)C(=O)O)OC)N(C)C(=O)[C@@H](NC(=O)[C@@H](NC)C(C)C)C(C)(C)O. The fourth-order valence-electron chi connectivity index (χ4n) is 7.40. The molecule has 53 heavy (non-hydrogen) atoms. The predicted octanol–water partition coefficient (Wildman–Crippen LogP) is 2.22. The van der Waals surface area contributed by atoms with Crippen molar-refractivity contribution in [2.45, 2.75) is 129 Å². The number of likely N-dealkylation sites (N-methyl/N-ethyl adjacent to an activating group) is 2. The van der Waals surface area contributed by atoms with Gasteiger partial charge in [0.1, 0.15) is 12.1 Å². The van der Waals surface area contributed by atoms with E-state index in [1.165, 1.54) is 33.0 Å². The summed E-state index contributed by atoms with van der Waals surface area (Å²) in [4.78, 5) is 70.2. The molecule has 0 aliphatic carbocycles. The molecule has 0 bridgehead atoms. The van der Waals surface area contributed by atoms with Gasteiger partial charge in [0.05, 0.1) is 48.3 Å². The van der Waals surface area contributed by atoms with Crippen LogP contribution in [0.1, 0.15) is 79.7 Å². The van der Waals surface area contributed by atoms with Crippen molar-refractivity contribution in [1.29, 1.82) is 0 Å². The number of ether oxygens (including phenoxy) is 2. The zero-order valence-corrected chi connectivity index (χ0v) is 33.5. The van der Waals surface area contributed by atoms with Crippen LogP contribution in [0.5, 0.6) is 0 Å². The summed E-state index contributed by atoms with van der Waals surface area (Å²) in [6, 6.07) is 4.98. The van der Waals surface area contributed by atoms with Crippen molar-refractivity contribution in [3.8, 4) is 0 Å². The molecule has 9 atom stereocenters. The smallest absolute Gasteiger partial charge is 0.326 e. The zero-order chi connectivity index (χ0) is 40.2. The number of aliphatic carboxylic acids is 1. The van der Waals surface area contributed by atoms with Gasteiger partial charge in [0.25, 0.3) is 0 Å². The molecular formula is C39H65N5O9. The molecule has 2 rings (SSSR count). The molecule has 1 fully saturated rings. The first-order valence-electron chi connectivity index (χ1n) is 18.7. The van der Waals surface area contributed by atoms with Gasteiger partial charge in [0, 0.05) is 34.2 Å². The Morgan fingerprint density at radius 3 is 2.11 bits per heavy atom. The van der Waals surface area contributed by atoms with Crippen LogP contribution in [-0.2, 0) is 39.9 Å². The fourth-order valence-corrected chi connectivity index (χ4v) is 7.40. The number of rotatable bonds is 21. The van der Waals surface area contributed by atoms with Crippen molar-refractivity contribution < 1.29 is 43.7 Å². The normalized spacial score (nSPS) is 19.3. The number of carboxylic acid groups (broad SMARTS) is 1. The molecule has 1 heterocycles. The maximum Gasteiger partial charge on any atom is 0.326 e. The first-order chi connectivity index (χ1) is 24.8. The number of carboxylic acids is 1. The second-order valence-corrected chi connectivity index (χ2v) is 15.3. The monoisotopic (exact) mass is 747 g/mol. The highest BCUT2D eigenvalue weighted by molar-refractivity contribution is 5.91. The maximum atomic E-state index is 14.2. The van der Waals surface area contributed by atoms with Crippen LogP contribution in [-0.4, -0.2) is 132 Å². The Bertz CT molecular complexity index is 1350. The van der Waals surface area contributed by atoms with Gasteiger partial charge >= 0.3 is 5.97 Å². The van der Waals surface area contributed by atoms with Crippen molar-refractivity contribution in [2.24, 2.45) is 17.8 Å². The number of carbonyl (C=O) groups is 5. The van der Waals surface area contributed by atoms with Gasteiger partial charge in [-0.1, -0.05) is 71.4 Å². The van der Waals surface area contributed by atoms with E-state index in [0.717, 1.165) is 5.56 Å². The zero-order valence-electron chi connectivity index (χ0n) is 33.5. The Kier molecular flexibility index (Phi) is 17.8. The van der Waals surface area contributed by atoms with E-state index in [0.29, 0.717) is 25.8 Å². The summed E-state index contributed by atoms with van der Waals surface area (Å²) in [5, 5.41) is 29.3. The summed E-state index contributed by atoms with van der Waals surface area (Å²) in [5.41, 5.74) is -0.838. The number of likely N-dealkylation sites (tertiary alicyclic amines) is 1. The summed E-state index contributed by atoms with van der Waals surface area (Å²) >= 11 is 0. The average molecular weight is 748 g/mol. The summed E-state index contributed by atoms with van der Waals surface area (Å²) in [5.74, 6) is -3.81. The highest BCUT2D eigenvalue weighted by Gasteiger charge is 2.45. The van der Waals surface area contributed by atoms with Gasteiger partial charge in [0.2, 0.25) is 23.6 Å². The van der Waals surface area contributed by atoms with Crippen LogP contribution in [0.2, 0.25) is 0 Å². The minimum Gasteiger partial charge on any atom is -0.480 e. The molecule has 0 radical (unpaired) electrons. The second-order valence-electron chi connectivity index (χ2n) is 15.3. The Morgan fingerprint density at radius 2 is 1.62 bits per heavy atom. The van der Waals surface area contributed by atoms with Gasteiger partial charge in [-0.25, -0.2) is 4.79 Å². The topological polar surface area (TPSA) is 187 Å². The van der Waals surface area contributed by atoms with Gasteiger partial charge in [0.15, 0.2) is 0 Å². The number of methoxy groups -OCH3 is 2. The highest BCUT2D eigenvalue weighted by Crippen LogP contribution is 2.30. The molecule has 5 N–H and O–H groups in total. The molecular weight excluding hydrogens is 682 g/mol. The summed E-state index contributed by atoms with van der Waals surface area (Å²) in [6.45, 7) is 12.7. The number of nitrogens with one attached hydrogen (secondary N) is 3. The van der Waals surface area contributed by atoms with E-state index >= 15 is 0 Å². The lowest BCUT2D eigenvalue weighted by Gasteiger charge is -2.42. The molecule has 1 aliphatic heterocycles. The van der Waals surface area contributed by atoms with Gasteiger partial charge in [-0.3, -0.25) is 19.2 Å². The van der Waals surface area contributed by atoms with E-state index in [-0.39, 0.29) is 30.6 Å². The summed E-state index contributed by atoms with van der Waals surface area (Å²) in [7, 11) is 6.22. The van der Waals surface area contributed by atoms with Crippen LogP contribution in [0.25, 0.3) is 0 Å². The number of nitrogens with zero attached hydrogens (tertiary/aromatic N) is 2. The van der Waals surface area contributed by atoms with E-state index in [1.807, 2.05) is 33.8 Å². The number of benzene rings is 1. The average Bonchev–Trinajstić information content (AvgIpc) is 3.59. The molecule has 300 valence electrons. The number of hydrogen-bond donors (Lipinski definition) is 5. The van der Waals surface area contributed by atoms with E-state index in [9.17, 15) is 34.2 Å². The lowest BCUT2D eigenvalue weighted by atomic mass is 9.88. The Balaban J connectivity index is 2.29. The largest absolute Gasteiger partial charge is 0.480 e. The van der Waals surface area contributed by atoms with Crippen LogP contribution in [0.3, 0.4) is 0 Å². The molecule has 0 unspecified atom stereocenters. The van der Waals surface area contributed by atoms with E-state index in [2.05, 4.69) is 16.0 Å². The van der Waals surface area contributed by atoms with Crippen molar-refractivity contribution in [3.05, 3.63) is 35.9 Å². The number of carbonyl (C=O) groups excluding carboxylic acids is 4. The van der Waals surface area contributed by atoms with E-state index < -0.39 is 77.6 Å². The molecule has 1 aromatic carbocycles. The third-order valence-electron chi connectivity index (χ3n) is 10.7. The summed E-state index contributed by atoms with van der Waals surface area (Å²) in [6.07, 6.45) is 0.480. The van der Waals surface area contributed by atoms with Gasteiger partial charge in [-0.05, 0) is 51.1 Å². The molecule has 14 nitrogen and oxygen atoms in total. The number of hydrogen-bond acceptors (Lipinski definition) is 9. The Morgan fingerprint density at radius 1 is 1.00 bits per heavy atom. The Labute approximate surface area is 315 Å². The van der Waals surface area contributed by atoms with Crippen molar-refractivity contribution in [3.63, 3.8) is 0 Å². The third-order valence-corrected chi connectivity index (χ3v) is 10.7. The maximum absolute atomic E-state index is 14.2. The van der Waals surface area contributed by atoms with Crippen LogP contribution in [0.4, 0.5) is 0 Å². The van der Waals surface area contributed by atoms with Crippen LogP contribution < -0.4 is 16.0 Å². The van der Waals surface area contributed by atoms with Crippen molar-refractivity contribution in [1.82, 2.24) is 25.8 Å². The number of amides is 4. The lowest BCUT2D eigenvalue weighted by molar-refractivity contribution is -0.151. The standard InChI is InChI=1S/C39H65N5O9/c1-12-24(4)32(43(9)37(48)34(39(6,7)51)42-36(47)31(40-8)23(2)3)29(52-10)22-30(45)44-20-16-19-28(44)33(53-11)25(5)35(46)41-27(38(49)50)21-26-17-14-13-15-18-26/h13-15,17-18,23-25,27-29,31-34,40,51H,12,16,19-22H2,1-11H3,(H,41,46)(H,42,47)(H,49,50)/t24-,25+,27-,28-,29+,31-,32-,33+,34+/m0/s1. The molecule has 4 amide bonds. The molecule has 0 spiro atoms. The second kappa shape index (κ2) is 20.8. The first-order valence-corrected chi connectivity index (χ1v) is 18.7. The molecule has 1 aromatic rings. The van der Waals surface area contributed by atoms with Crippen LogP contribution in [0, 0.1) is 17.8 Å². The van der Waals surface area contributed by atoms with E-state index in [4.69, 9.17) is 9.47 Å². The third kappa shape index (κ3) is 12.2. The van der Waals surface area contributed by atoms with E-state index in [1.54, 1.807) is 50.2 Å². The fraction of sp³-hybridized carbons (Fsp3) is 0.718. The molecule has 0 aromatic heterocycles. The minimum atomic E-state index is -1.61. The highest BCUT2D eigenvalue weighted by atomic mass is 16.5. The lowest BCUT2D eigenvalue weighted by Crippen LogP contribution is -2.63. The Hall–Kier alpha value is -3.59. The van der Waals surface area contributed by atoms with Gasteiger partial charge < -0.3 is 45.4 Å². The van der Waals surface area contributed by atoms with Gasteiger partial charge in [-0.2, -0.15) is 0 Å². The quantitative estimate of drug-likeness (QED) is 0.125. The predicted molar refractivity (Wildman–Crippen MR) is 202 cm³/mol. The van der Waals surface area contributed by atoms with Crippen molar-refractivity contribution >= 4 is 29.6 Å². The molecule has 1 saturated heterocycles. The first kappa shape index (κ1) is 45.6. The molecule has 0 saturated carbocycles. The van der Waals surface area contributed by atoms with Crippen molar-refractivity contribution in [2.75, 3.05) is 34.9 Å². The van der Waals surface area contributed by atoms with Crippen LogP contribution >= 0.6 is 0 Å². The van der Waals surface area contributed by atoms with Crippen LogP contribution in [0.15, 0.2) is 30.3 Å².